The molecule has 0 unspecified atom stereocenters. The second kappa shape index (κ2) is 5.71. The van der Waals surface area contributed by atoms with Crippen LogP contribution in [0.15, 0.2) is 24.3 Å². The summed E-state index contributed by atoms with van der Waals surface area (Å²) in [6.45, 7) is 8.47. The van der Waals surface area contributed by atoms with Gasteiger partial charge in [-0.15, -0.1) is 0 Å². The highest BCUT2D eigenvalue weighted by atomic mass is 16.2. The van der Waals surface area contributed by atoms with Crippen LogP contribution in [-0.2, 0) is 4.79 Å². The normalized spacial score (nSPS) is 11.1. The zero-order chi connectivity index (χ0) is 12.9. The van der Waals surface area contributed by atoms with E-state index < -0.39 is 0 Å². The summed E-state index contributed by atoms with van der Waals surface area (Å²) in [6, 6.07) is 8.01. The Morgan fingerprint density at radius 1 is 1.24 bits per heavy atom. The van der Waals surface area contributed by atoms with E-state index in [1.165, 1.54) is 5.56 Å². The molecule has 3 heteroatoms. The maximum Gasteiger partial charge on any atom is 0.239 e. The van der Waals surface area contributed by atoms with Crippen molar-refractivity contribution < 1.29 is 4.79 Å². The number of benzene rings is 1. The number of hydrogen-bond acceptors (Lipinski definition) is 2. The van der Waals surface area contributed by atoms with Gasteiger partial charge in [-0.05, 0) is 39.3 Å². The zero-order valence-electron chi connectivity index (χ0n) is 11.1. The molecule has 1 amide bonds. The van der Waals surface area contributed by atoms with Crippen LogP contribution in [0.5, 0.6) is 0 Å². The smallest absolute Gasteiger partial charge is 0.239 e. The van der Waals surface area contributed by atoms with E-state index in [4.69, 9.17) is 0 Å². The minimum absolute atomic E-state index is 0.0254. The summed E-state index contributed by atoms with van der Waals surface area (Å²) in [5.74, 6) is 0.0254. The van der Waals surface area contributed by atoms with Crippen LogP contribution in [0.25, 0.3) is 0 Å². The molecule has 0 aromatic heterocycles. The molecule has 0 saturated carbocycles. The highest BCUT2D eigenvalue weighted by molar-refractivity contribution is 5.81. The van der Waals surface area contributed by atoms with Crippen LogP contribution >= 0.6 is 0 Å². The molecule has 0 radical (unpaired) electrons. The number of nitrogens with one attached hydrogen (secondary N) is 2. The third-order valence-electron chi connectivity index (χ3n) is 2.87. The fraction of sp³-hybridized carbons (Fsp3) is 0.500. The molecule has 0 fully saturated rings. The predicted molar refractivity (Wildman–Crippen MR) is 72.2 cm³/mol. The molecule has 0 saturated heterocycles. The molecule has 17 heavy (non-hydrogen) atoms. The third kappa shape index (κ3) is 4.89. The summed E-state index contributed by atoms with van der Waals surface area (Å²) < 4.78 is 0. The SMILES string of the molecule is CCC(C)(C)NC(=O)CNc1ccc(C)cc1. The van der Waals surface area contributed by atoms with Gasteiger partial charge in [0.25, 0.3) is 0 Å². The molecular weight excluding hydrogens is 212 g/mol. The Balaban J connectivity index is 2.41. The van der Waals surface area contributed by atoms with Crippen LogP contribution in [0.1, 0.15) is 32.8 Å². The number of rotatable bonds is 5. The predicted octanol–water partition coefficient (Wildman–Crippen LogP) is 2.71. The van der Waals surface area contributed by atoms with Gasteiger partial charge in [-0.2, -0.15) is 0 Å². The monoisotopic (exact) mass is 234 g/mol. The first kappa shape index (κ1) is 13.6. The molecule has 2 N–H and O–H groups in total. The molecule has 0 aliphatic heterocycles. The lowest BCUT2D eigenvalue weighted by atomic mass is 10.0. The van der Waals surface area contributed by atoms with Crippen molar-refractivity contribution in [2.24, 2.45) is 0 Å². The van der Waals surface area contributed by atoms with E-state index >= 15 is 0 Å². The second-order valence-corrected chi connectivity index (χ2v) is 5.01. The van der Waals surface area contributed by atoms with Gasteiger partial charge in [-0.25, -0.2) is 0 Å². The van der Waals surface area contributed by atoms with E-state index in [0.29, 0.717) is 6.54 Å². The summed E-state index contributed by atoms with van der Waals surface area (Å²) in [5.41, 5.74) is 2.05. The molecule has 1 aromatic rings. The number of amides is 1. The Hall–Kier alpha value is -1.51. The van der Waals surface area contributed by atoms with Gasteiger partial charge in [0.1, 0.15) is 0 Å². The van der Waals surface area contributed by atoms with E-state index in [9.17, 15) is 4.79 Å². The lowest BCUT2D eigenvalue weighted by Gasteiger charge is -2.24. The Labute approximate surface area is 104 Å². The van der Waals surface area contributed by atoms with Crippen LogP contribution in [0.2, 0.25) is 0 Å². The summed E-state index contributed by atoms with van der Waals surface area (Å²) in [6.07, 6.45) is 0.920. The molecule has 3 nitrogen and oxygen atoms in total. The van der Waals surface area contributed by atoms with Crippen molar-refractivity contribution in [1.29, 1.82) is 0 Å². The summed E-state index contributed by atoms with van der Waals surface area (Å²) in [5, 5.41) is 6.09. The molecule has 0 heterocycles. The lowest BCUT2D eigenvalue weighted by molar-refractivity contribution is -0.121. The summed E-state index contributed by atoms with van der Waals surface area (Å²) in [7, 11) is 0. The van der Waals surface area contributed by atoms with Gasteiger partial charge in [-0.1, -0.05) is 24.6 Å². The van der Waals surface area contributed by atoms with Gasteiger partial charge < -0.3 is 10.6 Å². The van der Waals surface area contributed by atoms with Gasteiger partial charge in [0, 0.05) is 11.2 Å². The number of aryl methyl sites for hydroxylation is 1. The van der Waals surface area contributed by atoms with Gasteiger partial charge in [0.15, 0.2) is 0 Å². The van der Waals surface area contributed by atoms with Gasteiger partial charge >= 0.3 is 0 Å². The van der Waals surface area contributed by atoms with Crippen molar-refractivity contribution in [2.45, 2.75) is 39.7 Å². The Kier molecular flexibility index (Phi) is 4.55. The Morgan fingerprint density at radius 2 is 1.82 bits per heavy atom. The van der Waals surface area contributed by atoms with E-state index in [-0.39, 0.29) is 11.4 Å². The first-order chi connectivity index (χ1) is 7.93. The minimum Gasteiger partial charge on any atom is -0.376 e. The van der Waals surface area contributed by atoms with Crippen molar-refractivity contribution in [1.82, 2.24) is 5.32 Å². The number of hydrogen-bond donors (Lipinski definition) is 2. The van der Waals surface area contributed by atoms with Crippen molar-refractivity contribution >= 4 is 11.6 Å². The van der Waals surface area contributed by atoms with E-state index in [0.717, 1.165) is 12.1 Å². The first-order valence-electron chi connectivity index (χ1n) is 6.04. The standard InChI is InChI=1S/C14H22N2O/c1-5-14(3,4)16-13(17)10-15-12-8-6-11(2)7-9-12/h6-9,15H,5,10H2,1-4H3,(H,16,17). The van der Waals surface area contributed by atoms with Crippen LogP contribution in [0.4, 0.5) is 5.69 Å². The fourth-order valence-electron chi connectivity index (χ4n) is 1.36. The topological polar surface area (TPSA) is 41.1 Å². The van der Waals surface area contributed by atoms with Crippen molar-refractivity contribution in [3.8, 4) is 0 Å². The van der Waals surface area contributed by atoms with Crippen LogP contribution in [-0.4, -0.2) is 18.0 Å². The number of anilines is 1. The minimum atomic E-state index is -0.133. The first-order valence-corrected chi connectivity index (χ1v) is 6.04. The molecule has 0 spiro atoms. The average molecular weight is 234 g/mol. The lowest BCUT2D eigenvalue weighted by Crippen LogP contribution is -2.45. The van der Waals surface area contributed by atoms with Crippen LogP contribution in [0.3, 0.4) is 0 Å². The summed E-state index contributed by atoms with van der Waals surface area (Å²) >= 11 is 0. The van der Waals surface area contributed by atoms with Gasteiger partial charge in [0.2, 0.25) is 5.91 Å². The van der Waals surface area contributed by atoms with Crippen molar-refractivity contribution in [3.63, 3.8) is 0 Å². The molecule has 1 aromatic carbocycles. The largest absolute Gasteiger partial charge is 0.376 e. The molecule has 1 rings (SSSR count). The van der Waals surface area contributed by atoms with Crippen molar-refractivity contribution in [3.05, 3.63) is 29.8 Å². The third-order valence-corrected chi connectivity index (χ3v) is 2.87. The van der Waals surface area contributed by atoms with Crippen LogP contribution in [0, 0.1) is 6.92 Å². The average Bonchev–Trinajstić information content (AvgIpc) is 2.28. The quantitative estimate of drug-likeness (QED) is 0.822. The van der Waals surface area contributed by atoms with Crippen molar-refractivity contribution in [2.75, 3.05) is 11.9 Å². The summed E-state index contributed by atoms with van der Waals surface area (Å²) in [4.78, 5) is 11.7. The fourth-order valence-corrected chi connectivity index (χ4v) is 1.36. The maximum absolute atomic E-state index is 11.7. The van der Waals surface area contributed by atoms with Crippen LogP contribution < -0.4 is 10.6 Å². The number of carbonyl (C=O) groups is 1. The molecule has 94 valence electrons. The Bertz CT molecular complexity index is 368. The zero-order valence-corrected chi connectivity index (χ0v) is 11.1. The highest BCUT2D eigenvalue weighted by Gasteiger charge is 2.17. The van der Waals surface area contributed by atoms with E-state index in [2.05, 4.69) is 17.6 Å². The van der Waals surface area contributed by atoms with Gasteiger partial charge in [0.05, 0.1) is 6.54 Å². The van der Waals surface area contributed by atoms with E-state index in [1.54, 1.807) is 0 Å². The molecule has 0 aliphatic carbocycles. The molecule has 0 aliphatic rings. The maximum atomic E-state index is 11.7. The molecule has 0 atom stereocenters. The number of carbonyl (C=O) groups excluding carboxylic acids is 1. The van der Waals surface area contributed by atoms with E-state index in [1.807, 2.05) is 45.0 Å². The Morgan fingerprint density at radius 3 is 2.35 bits per heavy atom. The second-order valence-electron chi connectivity index (χ2n) is 5.01. The molecule has 0 bridgehead atoms. The molecular formula is C14H22N2O. The van der Waals surface area contributed by atoms with Gasteiger partial charge in [-0.3, -0.25) is 4.79 Å². The highest BCUT2D eigenvalue weighted by Crippen LogP contribution is 2.09.